The van der Waals surface area contributed by atoms with E-state index in [4.69, 9.17) is 5.11 Å². The smallest absolute Gasteiger partial charge is 0.326 e. The first kappa shape index (κ1) is 15.2. The Hall–Kier alpha value is -1.84. The number of amides is 1. The summed E-state index contributed by atoms with van der Waals surface area (Å²) in [6.07, 6.45) is 1.33. The zero-order chi connectivity index (χ0) is 14.4. The number of hydrogen-bond donors (Lipinski definition) is 2. The Kier molecular flexibility index (Phi) is 5.55. The highest BCUT2D eigenvalue weighted by Gasteiger charge is 2.21. The van der Waals surface area contributed by atoms with E-state index >= 15 is 0 Å². The summed E-state index contributed by atoms with van der Waals surface area (Å²) in [6.45, 7) is 5.90. The molecule has 4 nitrogen and oxygen atoms in total. The summed E-state index contributed by atoms with van der Waals surface area (Å²) in [5, 5.41) is 11.6. The quantitative estimate of drug-likeness (QED) is 0.828. The van der Waals surface area contributed by atoms with Gasteiger partial charge in [-0.3, -0.25) is 4.79 Å². The molecular weight excluding hydrogens is 242 g/mol. The van der Waals surface area contributed by atoms with Crippen LogP contribution >= 0.6 is 0 Å². The molecule has 104 valence electrons. The van der Waals surface area contributed by atoms with E-state index in [1.54, 1.807) is 12.1 Å². The lowest BCUT2D eigenvalue weighted by Crippen LogP contribution is -2.41. The average molecular weight is 263 g/mol. The maximum atomic E-state index is 12.0. The molecule has 0 aliphatic carbocycles. The molecule has 2 N–H and O–H groups in total. The van der Waals surface area contributed by atoms with Crippen LogP contribution < -0.4 is 5.32 Å². The molecule has 1 atom stereocenters. The van der Waals surface area contributed by atoms with Crippen molar-refractivity contribution in [2.24, 2.45) is 5.92 Å². The van der Waals surface area contributed by atoms with Crippen molar-refractivity contribution in [3.05, 3.63) is 35.4 Å². The van der Waals surface area contributed by atoms with Crippen molar-refractivity contribution < 1.29 is 14.7 Å². The van der Waals surface area contributed by atoms with E-state index in [1.807, 2.05) is 32.9 Å². The van der Waals surface area contributed by atoms with Crippen LogP contribution in [0.15, 0.2) is 24.3 Å². The van der Waals surface area contributed by atoms with Crippen LogP contribution in [0.5, 0.6) is 0 Å². The van der Waals surface area contributed by atoms with Crippen molar-refractivity contribution in [2.45, 2.75) is 39.7 Å². The van der Waals surface area contributed by atoms with Gasteiger partial charge < -0.3 is 10.4 Å². The van der Waals surface area contributed by atoms with E-state index in [0.717, 1.165) is 12.0 Å². The first-order valence-corrected chi connectivity index (χ1v) is 6.56. The number of carbonyl (C=O) groups is 2. The Morgan fingerprint density at radius 2 is 1.79 bits per heavy atom. The first-order chi connectivity index (χ1) is 8.93. The van der Waals surface area contributed by atoms with Gasteiger partial charge in [-0.2, -0.15) is 0 Å². The molecule has 0 heterocycles. The van der Waals surface area contributed by atoms with Gasteiger partial charge in [0.25, 0.3) is 5.91 Å². The number of hydrogen-bond acceptors (Lipinski definition) is 2. The van der Waals surface area contributed by atoms with Crippen LogP contribution in [0.3, 0.4) is 0 Å². The molecule has 0 aromatic heterocycles. The molecular formula is C15H21NO3. The molecule has 0 fully saturated rings. The van der Waals surface area contributed by atoms with Crippen molar-refractivity contribution in [1.82, 2.24) is 5.32 Å². The Bertz CT molecular complexity index is 437. The topological polar surface area (TPSA) is 66.4 Å². The molecule has 0 spiro atoms. The molecule has 0 saturated carbocycles. The van der Waals surface area contributed by atoms with E-state index in [1.165, 1.54) is 0 Å². The third-order valence-corrected chi connectivity index (χ3v) is 2.93. The second-order valence-electron chi connectivity index (χ2n) is 5.04. The Labute approximate surface area is 113 Å². The van der Waals surface area contributed by atoms with Crippen LogP contribution in [-0.4, -0.2) is 23.0 Å². The third kappa shape index (κ3) is 4.73. The van der Waals surface area contributed by atoms with Crippen LogP contribution in [0.25, 0.3) is 0 Å². The zero-order valence-electron chi connectivity index (χ0n) is 11.6. The fourth-order valence-corrected chi connectivity index (χ4v) is 1.83. The van der Waals surface area contributed by atoms with Crippen molar-refractivity contribution in [1.29, 1.82) is 0 Å². The minimum atomic E-state index is -0.993. The van der Waals surface area contributed by atoms with Crippen molar-refractivity contribution in [2.75, 3.05) is 0 Å². The summed E-state index contributed by atoms with van der Waals surface area (Å²) in [7, 11) is 0. The van der Waals surface area contributed by atoms with E-state index in [-0.39, 0.29) is 11.8 Å². The number of carboxylic acids is 1. The summed E-state index contributed by atoms with van der Waals surface area (Å²) in [4.78, 5) is 23.1. The number of aryl methyl sites for hydroxylation is 1. The van der Waals surface area contributed by atoms with Crippen LogP contribution in [0, 0.1) is 5.92 Å². The summed E-state index contributed by atoms with van der Waals surface area (Å²) < 4.78 is 0. The minimum absolute atomic E-state index is 0.212. The lowest BCUT2D eigenvalue weighted by atomic mass is 10.0. The predicted molar refractivity (Wildman–Crippen MR) is 74.2 cm³/mol. The molecule has 4 heteroatoms. The molecule has 0 aliphatic rings. The van der Waals surface area contributed by atoms with Gasteiger partial charge >= 0.3 is 5.97 Å². The molecule has 1 aromatic carbocycles. The monoisotopic (exact) mass is 263 g/mol. The molecule has 1 rings (SSSR count). The number of aliphatic carboxylic acids is 1. The highest BCUT2D eigenvalue weighted by Crippen LogP contribution is 2.08. The third-order valence-electron chi connectivity index (χ3n) is 2.93. The summed E-state index contributed by atoms with van der Waals surface area (Å²) >= 11 is 0. The molecule has 0 bridgehead atoms. The van der Waals surface area contributed by atoms with E-state index < -0.39 is 12.0 Å². The minimum Gasteiger partial charge on any atom is -0.480 e. The van der Waals surface area contributed by atoms with E-state index in [9.17, 15) is 9.59 Å². The highest BCUT2D eigenvalue weighted by atomic mass is 16.4. The van der Waals surface area contributed by atoms with Gasteiger partial charge in [0.05, 0.1) is 0 Å². The number of carboxylic acid groups (broad SMARTS) is 1. The SMILES string of the molecule is CCc1ccc(C(=O)N[C@@H](CC(C)C)C(=O)O)cc1. The number of nitrogens with one attached hydrogen (secondary N) is 1. The van der Waals surface area contributed by atoms with Crippen molar-refractivity contribution >= 4 is 11.9 Å². The largest absolute Gasteiger partial charge is 0.480 e. The number of carbonyl (C=O) groups excluding carboxylic acids is 1. The Morgan fingerprint density at radius 1 is 1.21 bits per heavy atom. The lowest BCUT2D eigenvalue weighted by molar-refractivity contribution is -0.139. The molecule has 0 aliphatic heterocycles. The summed E-state index contributed by atoms with van der Waals surface area (Å²) in [5.41, 5.74) is 1.64. The maximum absolute atomic E-state index is 12.0. The van der Waals surface area contributed by atoms with Crippen molar-refractivity contribution in [3.8, 4) is 0 Å². The first-order valence-electron chi connectivity index (χ1n) is 6.56. The van der Waals surface area contributed by atoms with Gasteiger partial charge in [-0.05, 0) is 36.5 Å². The molecule has 0 radical (unpaired) electrons. The fraction of sp³-hybridized carbons (Fsp3) is 0.467. The van der Waals surface area contributed by atoms with E-state index in [0.29, 0.717) is 12.0 Å². The molecule has 1 aromatic rings. The van der Waals surface area contributed by atoms with Gasteiger partial charge in [0.1, 0.15) is 6.04 Å². The standard InChI is InChI=1S/C15H21NO3/c1-4-11-5-7-12(8-6-11)14(17)16-13(15(18)19)9-10(2)3/h5-8,10,13H,4,9H2,1-3H3,(H,16,17)(H,18,19)/t13-/m0/s1. The fourth-order valence-electron chi connectivity index (χ4n) is 1.83. The Balaban J connectivity index is 2.72. The predicted octanol–water partition coefficient (Wildman–Crippen LogP) is 2.48. The second-order valence-corrected chi connectivity index (χ2v) is 5.04. The van der Waals surface area contributed by atoms with Crippen LogP contribution in [0.1, 0.15) is 43.1 Å². The average Bonchev–Trinajstić information content (AvgIpc) is 2.37. The summed E-state index contributed by atoms with van der Waals surface area (Å²) in [5.74, 6) is -1.12. The Morgan fingerprint density at radius 3 is 2.21 bits per heavy atom. The second kappa shape index (κ2) is 6.92. The molecule has 1 amide bonds. The molecule has 0 unspecified atom stereocenters. The van der Waals surface area contributed by atoms with Gasteiger partial charge in [0.2, 0.25) is 0 Å². The normalized spacial score (nSPS) is 12.2. The number of rotatable bonds is 6. The molecule has 19 heavy (non-hydrogen) atoms. The maximum Gasteiger partial charge on any atom is 0.326 e. The van der Waals surface area contributed by atoms with Crippen LogP contribution in [0.4, 0.5) is 0 Å². The molecule has 0 saturated heterocycles. The van der Waals surface area contributed by atoms with Gasteiger partial charge in [0.15, 0.2) is 0 Å². The van der Waals surface area contributed by atoms with Gasteiger partial charge in [0, 0.05) is 5.56 Å². The van der Waals surface area contributed by atoms with Gasteiger partial charge in [-0.25, -0.2) is 4.79 Å². The van der Waals surface area contributed by atoms with E-state index in [2.05, 4.69) is 5.32 Å². The van der Waals surface area contributed by atoms with Crippen LogP contribution in [-0.2, 0) is 11.2 Å². The zero-order valence-corrected chi connectivity index (χ0v) is 11.6. The summed E-state index contributed by atoms with van der Waals surface area (Å²) in [6, 6.07) is 6.38. The lowest BCUT2D eigenvalue weighted by Gasteiger charge is -2.16. The number of benzene rings is 1. The highest BCUT2D eigenvalue weighted by molar-refractivity contribution is 5.96. The van der Waals surface area contributed by atoms with Crippen LogP contribution in [0.2, 0.25) is 0 Å². The van der Waals surface area contributed by atoms with Crippen molar-refractivity contribution in [3.63, 3.8) is 0 Å². The van der Waals surface area contributed by atoms with Gasteiger partial charge in [-0.1, -0.05) is 32.9 Å². The van der Waals surface area contributed by atoms with Gasteiger partial charge in [-0.15, -0.1) is 0 Å².